The highest BCUT2D eigenvalue weighted by molar-refractivity contribution is 7.56. The first-order valence-corrected chi connectivity index (χ1v) is 10.5. The summed E-state index contributed by atoms with van der Waals surface area (Å²) >= 11 is 0. The molecule has 1 aromatic heterocycles. The second kappa shape index (κ2) is 7.54. The highest BCUT2D eigenvalue weighted by Gasteiger charge is 2.13. The van der Waals surface area contributed by atoms with Crippen LogP contribution in [0.5, 0.6) is 5.75 Å². The number of aromatic nitrogens is 2. The smallest absolute Gasteiger partial charge is 0.266 e. The van der Waals surface area contributed by atoms with E-state index in [0.29, 0.717) is 12.2 Å². The fourth-order valence-electron chi connectivity index (χ4n) is 2.62. The van der Waals surface area contributed by atoms with E-state index < -0.39 is 7.37 Å². The van der Waals surface area contributed by atoms with Gasteiger partial charge in [-0.2, -0.15) is 5.10 Å². The molecule has 25 heavy (non-hydrogen) atoms. The Bertz CT molecular complexity index is 845. The van der Waals surface area contributed by atoms with E-state index >= 15 is 0 Å². The molecule has 0 bridgehead atoms. The lowest BCUT2D eigenvalue weighted by Gasteiger charge is -2.15. The minimum Gasteiger partial charge on any atom is -0.484 e. The third-order valence-electron chi connectivity index (χ3n) is 3.87. The van der Waals surface area contributed by atoms with Gasteiger partial charge >= 0.3 is 0 Å². The summed E-state index contributed by atoms with van der Waals surface area (Å²) in [5.74, 6) is 0.579. The van der Waals surface area contributed by atoms with Crippen molar-refractivity contribution in [1.29, 1.82) is 0 Å². The van der Waals surface area contributed by atoms with Crippen molar-refractivity contribution in [3.05, 3.63) is 57.0 Å². The van der Waals surface area contributed by atoms with E-state index in [1.54, 1.807) is 12.1 Å². The number of benzene rings is 1. The average molecular weight is 364 g/mol. The molecular weight excluding hydrogens is 339 g/mol. The van der Waals surface area contributed by atoms with Crippen LogP contribution in [-0.4, -0.2) is 27.7 Å². The first-order chi connectivity index (χ1) is 11.6. The highest BCUT2D eigenvalue weighted by atomic mass is 31.2. The van der Waals surface area contributed by atoms with Gasteiger partial charge in [-0.1, -0.05) is 0 Å². The predicted octanol–water partition coefficient (Wildman–Crippen LogP) is 3.27. The number of rotatable bonds is 6. The van der Waals surface area contributed by atoms with E-state index in [1.165, 1.54) is 11.3 Å². The van der Waals surface area contributed by atoms with Crippen molar-refractivity contribution in [2.75, 3.05) is 13.0 Å². The maximum absolute atomic E-state index is 11.8. The Labute approximate surface area is 147 Å². The fourth-order valence-corrected chi connectivity index (χ4v) is 3.01. The van der Waals surface area contributed by atoms with Gasteiger partial charge in [0, 0.05) is 19.2 Å². The van der Waals surface area contributed by atoms with Crippen molar-refractivity contribution in [2.24, 2.45) is 0 Å². The lowest BCUT2D eigenvalue weighted by molar-refractivity contribution is 0.352. The van der Waals surface area contributed by atoms with Gasteiger partial charge < -0.3 is 9.63 Å². The second-order valence-corrected chi connectivity index (χ2v) is 9.10. The Kier molecular flexibility index (Phi) is 5.86. The van der Waals surface area contributed by atoms with E-state index in [9.17, 15) is 14.3 Å². The molecule has 136 valence electrons. The molecule has 6 nitrogen and oxygen atoms in total. The first-order valence-electron chi connectivity index (χ1n) is 8.18. The lowest BCUT2D eigenvalue weighted by Crippen LogP contribution is -2.24. The summed E-state index contributed by atoms with van der Waals surface area (Å²) in [6, 6.07) is 7.02. The van der Waals surface area contributed by atoms with Crippen LogP contribution >= 0.6 is 7.37 Å². The minimum absolute atomic E-state index is 0.00800. The third-order valence-corrected chi connectivity index (χ3v) is 4.48. The summed E-state index contributed by atoms with van der Waals surface area (Å²) in [6.45, 7) is 9.06. The fraction of sp³-hybridized carbons (Fsp3) is 0.444. The van der Waals surface area contributed by atoms with Crippen LogP contribution in [0.25, 0.3) is 0 Å². The SMILES string of the molecule is Cc1cc(OCP(C)(=O)O)cc(C)c1Cc1ccc(=O)n(C(C)C)n1. The summed E-state index contributed by atoms with van der Waals surface area (Å²) in [6.07, 6.45) is 0.406. The van der Waals surface area contributed by atoms with Crippen LogP contribution in [0.4, 0.5) is 0 Å². The molecule has 0 radical (unpaired) electrons. The Balaban J connectivity index is 2.27. The monoisotopic (exact) mass is 364 g/mol. The van der Waals surface area contributed by atoms with Gasteiger partial charge in [0.1, 0.15) is 5.75 Å². The Morgan fingerprint density at radius 3 is 2.36 bits per heavy atom. The van der Waals surface area contributed by atoms with Gasteiger partial charge in [0.05, 0.1) is 11.7 Å². The van der Waals surface area contributed by atoms with Gasteiger partial charge in [0.25, 0.3) is 5.56 Å². The van der Waals surface area contributed by atoms with Crippen molar-refractivity contribution in [2.45, 2.75) is 40.2 Å². The molecule has 1 atom stereocenters. The van der Waals surface area contributed by atoms with Gasteiger partial charge in [0.15, 0.2) is 6.35 Å². The molecule has 0 saturated carbocycles. The number of hydrogen-bond donors (Lipinski definition) is 1. The maximum Gasteiger partial charge on any atom is 0.266 e. The van der Waals surface area contributed by atoms with Crippen LogP contribution in [0.2, 0.25) is 0 Å². The average Bonchev–Trinajstić information content (AvgIpc) is 2.49. The maximum atomic E-state index is 11.8. The van der Waals surface area contributed by atoms with Crippen molar-refractivity contribution in [1.82, 2.24) is 9.78 Å². The van der Waals surface area contributed by atoms with E-state index in [2.05, 4.69) is 5.10 Å². The Morgan fingerprint density at radius 2 is 1.84 bits per heavy atom. The zero-order valence-corrected chi connectivity index (χ0v) is 16.2. The van der Waals surface area contributed by atoms with Gasteiger partial charge in [-0.15, -0.1) is 0 Å². The van der Waals surface area contributed by atoms with Crippen LogP contribution in [0.1, 0.15) is 42.3 Å². The number of aryl methyl sites for hydroxylation is 2. The Hall–Kier alpha value is -1.91. The molecule has 0 fully saturated rings. The van der Waals surface area contributed by atoms with E-state index in [4.69, 9.17) is 4.74 Å². The van der Waals surface area contributed by atoms with Crippen LogP contribution in [-0.2, 0) is 11.0 Å². The van der Waals surface area contributed by atoms with Crippen LogP contribution in [0, 0.1) is 13.8 Å². The molecule has 1 N–H and O–H groups in total. The second-order valence-electron chi connectivity index (χ2n) is 6.74. The first kappa shape index (κ1) is 19.4. The normalized spacial score (nSPS) is 13.7. The largest absolute Gasteiger partial charge is 0.484 e. The van der Waals surface area contributed by atoms with Gasteiger partial charge in [0.2, 0.25) is 7.37 Å². The van der Waals surface area contributed by atoms with Crippen LogP contribution < -0.4 is 10.3 Å². The topological polar surface area (TPSA) is 81.4 Å². The van der Waals surface area contributed by atoms with Crippen LogP contribution in [0.15, 0.2) is 29.1 Å². The van der Waals surface area contributed by atoms with E-state index in [-0.39, 0.29) is 17.9 Å². The van der Waals surface area contributed by atoms with Crippen molar-refractivity contribution >= 4 is 7.37 Å². The lowest BCUT2D eigenvalue weighted by atomic mass is 9.98. The molecule has 0 spiro atoms. The van der Waals surface area contributed by atoms with Crippen molar-refractivity contribution in [3.8, 4) is 5.75 Å². The summed E-state index contributed by atoms with van der Waals surface area (Å²) < 4.78 is 18.3. The number of ether oxygens (including phenoxy) is 1. The molecule has 0 saturated heterocycles. The highest BCUT2D eigenvalue weighted by Crippen LogP contribution is 2.35. The minimum atomic E-state index is -3.21. The molecule has 0 amide bonds. The zero-order valence-electron chi connectivity index (χ0n) is 15.3. The molecule has 7 heteroatoms. The van der Waals surface area contributed by atoms with Crippen molar-refractivity contribution in [3.63, 3.8) is 0 Å². The summed E-state index contributed by atoms with van der Waals surface area (Å²) in [5, 5.41) is 4.44. The third kappa shape index (κ3) is 5.28. The summed E-state index contributed by atoms with van der Waals surface area (Å²) in [5.41, 5.74) is 3.86. The standard InChI is InChI=1S/C18H25N2O4P/c1-12(2)20-18(21)7-6-15(19-20)10-17-13(3)8-16(9-14(17)4)24-11-25(5,22)23/h6-9,12H,10-11H2,1-5H3,(H,22,23). The van der Waals surface area contributed by atoms with Gasteiger partial charge in [-0.25, -0.2) is 4.68 Å². The Morgan fingerprint density at radius 1 is 1.24 bits per heavy atom. The summed E-state index contributed by atoms with van der Waals surface area (Å²) in [7, 11) is -3.21. The number of hydrogen-bond acceptors (Lipinski definition) is 4. The summed E-state index contributed by atoms with van der Waals surface area (Å²) in [4.78, 5) is 21.2. The molecule has 2 aromatic rings. The molecular formula is C18H25N2O4P. The predicted molar refractivity (Wildman–Crippen MR) is 98.8 cm³/mol. The number of nitrogens with zero attached hydrogens (tertiary/aromatic N) is 2. The van der Waals surface area contributed by atoms with Crippen molar-refractivity contribution < 1.29 is 14.2 Å². The molecule has 0 aliphatic rings. The molecule has 1 aromatic carbocycles. The molecule has 2 rings (SSSR count). The molecule has 0 aliphatic heterocycles. The van der Waals surface area contributed by atoms with Gasteiger partial charge in [-0.3, -0.25) is 9.36 Å². The quantitative estimate of drug-likeness (QED) is 0.796. The van der Waals surface area contributed by atoms with Gasteiger partial charge in [-0.05, 0) is 62.6 Å². The molecule has 1 unspecified atom stereocenters. The van der Waals surface area contributed by atoms with Crippen LogP contribution in [0.3, 0.4) is 0 Å². The van der Waals surface area contributed by atoms with E-state index in [0.717, 1.165) is 22.4 Å². The molecule has 1 heterocycles. The molecule has 0 aliphatic carbocycles. The zero-order chi connectivity index (χ0) is 18.8. The van der Waals surface area contributed by atoms with E-state index in [1.807, 2.05) is 39.8 Å².